The summed E-state index contributed by atoms with van der Waals surface area (Å²) in [5.74, 6) is -3.22. The van der Waals surface area contributed by atoms with E-state index < -0.39 is 30.3 Å². The Morgan fingerprint density at radius 2 is 1.62 bits per heavy atom. The Bertz CT molecular complexity index is 685. The highest BCUT2D eigenvalue weighted by Crippen LogP contribution is 2.22. The number of benzene rings is 1. The monoisotopic (exact) mass is 339 g/mol. The van der Waals surface area contributed by atoms with Crippen molar-refractivity contribution in [3.05, 3.63) is 24.3 Å². The average Bonchev–Trinajstić information content (AvgIpc) is 2.42. The molecule has 0 spiro atoms. The van der Waals surface area contributed by atoms with Gasteiger partial charge in [0.15, 0.2) is 0 Å². The predicted octanol–water partition coefficient (Wildman–Crippen LogP) is 1.67. The molecule has 1 aliphatic rings. The van der Waals surface area contributed by atoms with E-state index in [1.165, 1.54) is 12.1 Å². The summed E-state index contributed by atoms with van der Waals surface area (Å²) in [6, 6.07) is 5.01. The summed E-state index contributed by atoms with van der Waals surface area (Å²) in [5, 5.41) is 3.08. The van der Waals surface area contributed by atoms with E-state index in [9.17, 15) is 25.6 Å². The Balaban J connectivity index is 2.04. The molecule has 9 heteroatoms. The van der Waals surface area contributed by atoms with Gasteiger partial charge >= 0.3 is 5.76 Å². The van der Waals surface area contributed by atoms with Crippen molar-refractivity contribution in [1.82, 2.24) is 0 Å². The first-order valence-corrected chi connectivity index (χ1v) is 9.66. The predicted molar refractivity (Wildman–Crippen MR) is 74.9 cm³/mol. The van der Waals surface area contributed by atoms with Gasteiger partial charge in [0.25, 0.3) is 0 Å². The van der Waals surface area contributed by atoms with E-state index in [1.54, 1.807) is 0 Å². The highest BCUT2D eigenvalue weighted by molar-refractivity contribution is 7.91. The molecule has 118 valence electrons. The number of nitrogens with one attached hydrogen (secondary N) is 1. The lowest BCUT2D eigenvalue weighted by Crippen LogP contribution is -2.32. The van der Waals surface area contributed by atoms with Crippen molar-refractivity contribution in [2.24, 2.45) is 0 Å². The quantitative estimate of drug-likeness (QED) is 0.902. The molecule has 0 radical (unpaired) electrons. The summed E-state index contributed by atoms with van der Waals surface area (Å²) in [6.07, 6.45) is 0.943. The van der Waals surface area contributed by atoms with E-state index in [0.29, 0.717) is 18.5 Å². The number of alkyl halides is 2. The highest BCUT2D eigenvalue weighted by Gasteiger charge is 2.27. The normalized spacial score (nSPS) is 19.6. The molecule has 0 unspecified atom stereocenters. The van der Waals surface area contributed by atoms with Crippen LogP contribution >= 0.6 is 0 Å². The van der Waals surface area contributed by atoms with Crippen LogP contribution in [0.1, 0.15) is 12.8 Å². The largest absolute Gasteiger partial charge is 0.382 e. The molecular weight excluding hydrogens is 324 g/mol. The van der Waals surface area contributed by atoms with Gasteiger partial charge in [0.05, 0.1) is 16.4 Å². The molecule has 1 heterocycles. The second kappa shape index (κ2) is 5.88. The first-order chi connectivity index (χ1) is 9.71. The van der Waals surface area contributed by atoms with Crippen LogP contribution in [0.4, 0.5) is 14.5 Å². The van der Waals surface area contributed by atoms with Gasteiger partial charge in [-0.25, -0.2) is 16.8 Å². The van der Waals surface area contributed by atoms with Crippen molar-refractivity contribution in [2.45, 2.75) is 29.5 Å². The van der Waals surface area contributed by atoms with Crippen LogP contribution in [0.2, 0.25) is 0 Å². The topological polar surface area (TPSA) is 80.3 Å². The van der Waals surface area contributed by atoms with Gasteiger partial charge in [-0.15, -0.1) is 0 Å². The zero-order chi connectivity index (χ0) is 15.7. The van der Waals surface area contributed by atoms with Crippen molar-refractivity contribution in [3.8, 4) is 0 Å². The third kappa shape index (κ3) is 3.91. The van der Waals surface area contributed by atoms with E-state index in [-0.39, 0.29) is 17.5 Å². The van der Waals surface area contributed by atoms with Gasteiger partial charge in [0, 0.05) is 11.7 Å². The van der Waals surface area contributed by atoms with Crippen molar-refractivity contribution in [3.63, 3.8) is 0 Å². The molecule has 0 saturated carbocycles. The third-order valence-electron chi connectivity index (χ3n) is 3.34. The molecule has 0 amide bonds. The molecule has 1 aromatic carbocycles. The number of halogens is 2. The number of hydrogen-bond donors (Lipinski definition) is 1. The lowest BCUT2D eigenvalue weighted by molar-refractivity contribution is 0.234. The lowest BCUT2D eigenvalue weighted by Gasteiger charge is -2.24. The fourth-order valence-electron chi connectivity index (χ4n) is 2.11. The Labute approximate surface area is 122 Å². The van der Waals surface area contributed by atoms with Gasteiger partial charge in [0.1, 0.15) is 9.84 Å². The Hall–Kier alpha value is -1.22. The summed E-state index contributed by atoms with van der Waals surface area (Å²) < 4.78 is 69.9. The SMILES string of the molecule is O=S1(=O)CCC(Nc2ccc(S(=O)(=O)C(F)F)cc2)CC1. The summed E-state index contributed by atoms with van der Waals surface area (Å²) in [7, 11) is -7.53. The van der Waals surface area contributed by atoms with E-state index in [1.807, 2.05) is 0 Å². The van der Waals surface area contributed by atoms with Gasteiger partial charge < -0.3 is 5.32 Å². The molecule has 0 bridgehead atoms. The van der Waals surface area contributed by atoms with Crippen molar-refractivity contribution in [1.29, 1.82) is 0 Å². The molecule has 0 atom stereocenters. The van der Waals surface area contributed by atoms with Crippen LogP contribution in [-0.4, -0.2) is 40.1 Å². The maximum absolute atomic E-state index is 12.4. The smallest absolute Gasteiger partial charge is 0.341 e. The summed E-state index contributed by atoms with van der Waals surface area (Å²) in [4.78, 5) is -0.436. The van der Waals surface area contributed by atoms with Crippen LogP contribution in [0.15, 0.2) is 29.2 Å². The molecule has 1 N–H and O–H groups in total. The summed E-state index contributed by atoms with van der Waals surface area (Å²) >= 11 is 0. The van der Waals surface area contributed by atoms with Crippen LogP contribution in [0, 0.1) is 0 Å². The zero-order valence-corrected chi connectivity index (χ0v) is 12.6. The molecule has 21 heavy (non-hydrogen) atoms. The van der Waals surface area contributed by atoms with E-state index in [2.05, 4.69) is 5.32 Å². The lowest BCUT2D eigenvalue weighted by atomic mass is 10.1. The van der Waals surface area contributed by atoms with Crippen LogP contribution in [0.3, 0.4) is 0 Å². The van der Waals surface area contributed by atoms with Gasteiger partial charge in [-0.05, 0) is 37.1 Å². The van der Waals surface area contributed by atoms with Gasteiger partial charge in [0.2, 0.25) is 9.84 Å². The van der Waals surface area contributed by atoms with E-state index in [4.69, 9.17) is 0 Å². The maximum Gasteiger partial charge on any atom is 0.341 e. The van der Waals surface area contributed by atoms with E-state index >= 15 is 0 Å². The molecule has 0 aliphatic carbocycles. The Morgan fingerprint density at radius 3 is 2.10 bits per heavy atom. The first-order valence-electron chi connectivity index (χ1n) is 6.30. The van der Waals surface area contributed by atoms with Crippen LogP contribution in [0.25, 0.3) is 0 Å². The third-order valence-corrected chi connectivity index (χ3v) is 6.46. The fourth-order valence-corrected chi connectivity index (χ4v) is 4.33. The number of rotatable bonds is 4. The zero-order valence-electron chi connectivity index (χ0n) is 11.0. The van der Waals surface area contributed by atoms with Crippen molar-refractivity contribution < 1.29 is 25.6 Å². The highest BCUT2D eigenvalue weighted by atomic mass is 32.2. The minimum atomic E-state index is -4.58. The molecule has 1 saturated heterocycles. The maximum atomic E-state index is 12.4. The molecule has 2 rings (SSSR count). The number of sulfone groups is 2. The molecule has 1 fully saturated rings. The van der Waals surface area contributed by atoms with Gasteiger partial charge in [-0.1, -0.05) is 0 Å². The molecule has 1 aromatic rings. The van der Waals surface area contributed by atoms with Crippen LogP contribution in [0.5, 0.6) is 0 Å². The minimum Gasteiger partial charge on any atom is -0.382 e. The van der Waals surface area contributed by atoms with Crippen LogP contribution < -0.4 is 5.32 Å². The first kappa shape index (κ1) is 16.2. The van der Waals surface area contributed by atoms with E-state index in [0.717, 1.165) is 12.1 Å². The molecular formula is C12H15F2NO4S2. The number of anilines is 1. The van der Waals surface area contributed by atoms with Gasteiger partial charge in [-0.2, -0.15) is 8.78 Å². The molecule has 0 aromatic heterocycles. The molecule has 5 nitrogen and oxygen atoms in total. The summed E-state index contributed by atoms with van der Waals surface area (Å²) in [6.45, 7) is 0. The second-order valence-corrected chi connectivity index (χ2v) is 9.12. The standard InChI is InChI=1S/C12H15F2NO4S2/c13-12(14)21(18,19)11-3-1-9(2-4-11)15-10-5-7-20(16,17)8-6-10/h1-4,10,12,15H,5-8H2. The van der Waals surface area contributed by atoms with Gasteiger partial charge in [-0.3, -0.25) is 0 Å². The Morgan fingerprint density at radius 1 is 1.10 bits per heavy atom. The van der Waals surface area contributed by atoms with Crippen molar-refractivity contribution >= 4 is 25.4 Å². The second-order valence-electron chi connectivity index (χ2n) is 4.90. The van der Waals surface area contributed by atoms with Crippen LogP contribution in [-0.2, 0) is 19.7 Å². The molecule has 1 aliphatic heterocycles. The number of hydrogen-bond acceptors (Lipinski definition) is 5. The summed E-state index contributed by atoms with van der Waals surface area (Å²) in [5.41, 5.74) is 0.576. The minimum absolute atomic E-state index is 0.0221. The fraction of sp³-hybridized carbons (Fsp3) is 0.500. The van der Waals surface area contributed by atoms with Crippen molar-refractivity contribution in [2.75, 3.05) is 16.8 Å². The Kier molecular flexibility index (Phi) is 4.52. The average molecular weight is 339 g/mol.